The number of likely N-dealkylation sites (N-methyl/N-ethyl adjacent to an activating group) is 1. The minimum Gasteiger partial charge on any atom is -0.473 e. The smallest absolute Gasteiger partial charge is 0.414 e. The maximum Gasteiger partial charge on any atom is 0.414 e. The number of carboxylic acids is 2. The highest BCUT2D eigenvalue weighted by Crippen LogP contribution is 2.18. The predicted molar refractivity (Wildman–Crippen MR) is 79.9 cm³/mol. The van der Waals surface area contributed by atoms with Gasteiger partial charge >= 0.3 is 11.9 Å². The standard InChI is InChI=1S/C12H19N3O2.C2H2O4/c1-3-16-8-6-11-13-12(17-14-11)10-5-4-7-15(2)9-10;3-1(4)2(5)6/h5H,3-4,6-9H2,1-2H3;(H,3,4)(H,5,6). The number of carbonyl (C=O) groups is 2. The number of hydrogen-bond acceptors (Lipinski definition) is 7. The Morgan fingerprint density at radius 1 is 1.39 bits per heavy atom. The van der Waals surface area contributed by atoms with Crippen LogP contribution >= 0.6 is 0 Å². The number of aromatic nitrogens is 2. The quantitative estimate of drug-likeness (QED) is 0.588. The molecule has 0 saturated carbocycles. The Bertz CT molecular complexity index is 542. The van der Waals surface area contributed by atoms with Gasteiger partial charge in [-0.05, 0) is 20.4 Å². The van der Waals surface area contributed by atoms with E-state index in [4.69, 9.17) is 29.1 Å². The van der Waals surface area contributed by atoms with E-state index in [1.54, 1.807) is 0 Å². The normalized spacial score (nSPS) is 14.6. The molecule has 0 spiro atoms. The molecule has 1 aromatic heterocycles. The van der Waals surface area contributed by atoms with E-state index >= 15 is 0 Å². The third-order valence-electron chi connectivity index (χ3n) is 2.94. The summed E-state index contributed by atoms with van der Waals surface area (Å²) in [5, 5.41) is 18.7. The molecule has 1 aromatic rings. The van der Waals surface area contributed by atoms with Crippen LogP contribution in [-0.2, 0) is 20.7 Å². The molecule has 0 bridgehead atoms. The fraction of sp³-hybridized carbons (Fsp3) is 0.571. The second-order valence-electron chi connectivity index (χ2n) is 4.83. The molecule has 2 N–H and O–H groups in total. The zero-order valence-electron chi connectivity index (χ0n) is 13.2. The van der Waals surface area contributed by atoms with Gasteiger partial charge in [-0.15, -0.1) is 0 Å². The molecule has 9 nitrogen and oxygen atoms in total. The molecule has 0 saturated heterocycles. The lowest BCUT2D eigenvalue weighted by Gasteiger charge is -2.20. The first-order valence-corrected chi connectivity index (χ1v) is 7.18. The Balaban J connectivity index is 0.000000379. The Labute approximate surface area is 133 Å². The van der Waals surface area contributed by atoms with Crippen LogP contribution in [0.1, 0.15) is 25.1 Å². The average Bonchev–Trinajstić information content (AvgIpc) is 2.97. The predicted octanol–water partition coefficient (Wildman–Crippen LogP) is 0.523. The fourth-order valence-corrected chi connectivity index (χ4v) is 1.84. The lowest BCUT2D eigenvalue weighted by atomic mass is 10.1. The van der Waals surface area contributed by atoms with Gasteiger partial charge in [-0.2, -0.15) is 4.98 Å². The lowest BCUT2D eigenvalue weighted by Crippen LogP contribution is -2.25. The summed E-state index contributed by atoms with van der Waals surface area (Å²) < 4.78 is 10.5. The van der Waals surface area contributed by atoms with Crippen molar-refractivity contribution in [1.82, 2.24) is 15.0 Å². The summed E-state index contributed by atoms with van der Waals surface area (Å²) >= 11 is 0. The van der Waals surface area contributed by atoms with Crippen molar-refractivity contribution in [1.29, 1.82) is 0 Å². The molecular weight excluding hydrogens is 306 g/mol. The van der Waals surface area contributed by atoms with Crippen molar-refractivity contribution < 1.29 is 29.1 Å². The zero-order chi connectivity index (χ0) is 17.2. The van der Waals surface area contributed by atoms with Crippen molar-refractivity contribution in [3.05, 3.63) is 17.8 Å². The van der Waals surface area contributed by atoms with Crippen molar-refractivity contribution in [2.75, 3.05) is 33.4 Å². The Morgan fingerprint density at radius 3 is 2.65 bits per heavy atom. The van der Waals surface area contributed by atoms with Gasteiger partial charge in [-0.25, -0.2) is 9.59 Å². The third-order valence-corrected chi connectivity index (χ3v) is 2.94. The van der Waals surface area contributed by atoms with Gasteiger partial charge in [0.25, 0.3) is 5.89 Å². The number of hydrogen-bond donors (Lipinski definition) is 2. The van der Waals surface area contributed by atoms with E-state index in [0.717, 1.165) is 37.5 Å². The van der Waals surface area contributed by atoms with Gasteiger partial charge in [0, 0.05) is 31.7 Å². The molecule has 2 heterocycles. The van der Waals surface area contributed by atoms with E-state index in [2.05, 4.69) is 28.2 Å². The molecule has 2 rings (SSSR count). The molecule has 0 radical (unpaired) electrons. The van der Waals surface area contributed by atoms with Crippen LogP contribution in [0.25, 0.3) is 5.57 Å². The van der Waals surface area contributed by atoms with Crippen molar-refractivity contribution >= 4 is 17.5 Å². The van der Waals surface area contributed by atoms with Gasteiger partial charge < -0.3 is 24.4 Å². The second-order valence-corrected chi connectivity index (χ2v) is 4.83. The monoisotopic (exact) mass is 327 g/mol. The van der Waals surface area contributed by atoms with Crippen LogP contribution in [0.2, 0.25) is 0 Å². The van der Waals surface area contributed by atoms with Gasteiger partial charge in [0.05, 0.1) is 6.61 Å². The van der Waals surface area contributed by atoms with Crippen LogP contribution < -0.4 is 0 Å². The van der Waals surface area contributed by atoms with Crippen LogP contribution in [0.3, 0.4) is 0 Å². The average molecular weight is 327 g/mol. The second kappa shape index (κ2) is 9.70. The summed E-state index contributed by atoms with van der Waals surface area (Å²) in [6.45, 7) is 5.32. The molecule has 23 heavy (non-hydrogen) atoms. The highest BCUT2D eigenvalue weighted by Gasteiger charge is 2.16. The maximum atomic E-state index is 9.10. The number of rotatable bonds is 5. The Hall–Kier alpha value is -2.26. The molecule has 0 fully saturated rings. The molecule has 1 aliphatic heterocycles. The molecule has 0 aliphatic carbocycles. The highest BCUT2D eigenvalue weighted by molar-refractivity contribution is 6.27. The van der Waals surface area contributed by atoms with Gasteiger partial charge in [-0.3, -0.25) is 0 Å². The molecule has 0 amide bonds. The van der Waals surface area contributed by atoms with Crippen molar-refractivity contribution in [2.45, 2.75) is 19.8 Å². The summed E-state index contributed by atoms with van der Waals surface area (Å²) in [5.74, 6) is -2.27. The van der Waals surface area contributed by atoms with Crippen molar-refractivity contribution in [2.24, 2.45) is 0 Å². The van der Waals surface area contributed by atoms with Crippen LogP contribution in [0.5, 0.6) is 0 Å². The van der Waals surface area contributed by atoms with Crippen molar-refractivity contribution in [3.63, 3.8) is 0 Å². The van der Waals surface area contributed by atoms with Gasteiger partial charge in [0.2, 0.25) is 0 Å². The van der Waals surface area contributed by atoms with E-state index in [9.17, 15) is 0 Å². The Kier molecular flexibility index (Phi) is 7.92. The molecule has 1 aliphatic rings. The summed E-state index contributed by atoms with van der Waals surface area (Å²) in [5.41, 5.74) is 1.13. The largest absolute Gasteiger partial charge is 0.473 e. The summed E-state index contributed by atoms with van der Waals surface area (Å²) in [7, 11) is 2.10. The van der Waals surface area contributed by atoms with E-state index in [0.29, 0.717) is 18.9 Å². The first kappa shape index (κ1) is 18.8. The first-order valence-electron chi connectivity index (χ1n) is 7.18. The number of nitrogens with zero attached hydrogens (tertiary/aromatic N) is 3. The van der Waals surface area contributed by atoms with E-state index in [-0.39, 0.29) is 0 Å². The summed E-state index contributed by atoms with van der Waals surface area (Å²) in [6, 6.07) is 0. The van der Waals surface area contributed by atoms with Crippen LogP contribution in [-0.4, -0.2) is 70.5 Å². The molecule has 0 aromatic carbocycles. The zero-order valence-corrected chi connectivity index (χ0v) is 13.2. The summed E-state index contributed by atoms with van der Waals surface area (Å²) in [4.78, 5) is 24.8. The first-order chi connectivity index (χ1) is 10.9. The van der Waals surface area contributed by atoms with E-state index in [1.165, 1.54) is 0 Å². The fourth-order valence-electron chi connectivity index (χ4n) is 1.84. The molecule has 9 heteroatoms. The minimum absolute atomic E-state index is 0.647. The van der Waals surface area contributed by atoms with Crippen LogP contribution in [0.4, 0.5) is 0 Å². The van der Waals surface area contributed by atoms with Gasteiger partial charge in [0.15, 0.2) is 5.82 Å². The molecule has 0 unspecified atom stereocenters. The SMILES string of the molecule is CCOCCc1noc(C2=CCCN(C)C2)n1.O=C(O)C(=O)O. The number of ether oxygens (including phenoxy) is 1. The number of aliphatic carboxylic acids is 2. The summed E-state index contributed by atoms with van der Waals surface area (Å²) in [6.07, 6.45) is 3.93. The Morgan fingerprint density at radius 2 is 2.09 bits per heavy atom. The van der Waals surface area contributed by atoms with E-state index < -0.39 is 11.9 Å². The third kappa shape index (κ3) is 7.02. The topological polar surface area (TPSA) is 126 Å². The van der Waals surface area contributed by atoms with Gasteiger partial charge in [0.1, 0.15) is 0 Å². The molecule has 0 atom stereocenters. The lowest BCUT2D eigenvalue weighted by molar-refractivity contribution is -0.159. The molecule has 128 valence electrons. The maximum absolute atomic E-state index is 9.10. The van der Waals surface area contributed by atoms with Crippen molar-refractivity contribution in [3.8, 4) is 0 Å². The van der Waals surface area contributed by atoms with Crippen LogP contribution in [0, 0.1) is 0 Å². The van der Waals surface area contributed by atoms with Gasteiger partial charge in [-0.1, -0.05) is 11.2 Å². The van der Waals surface area contributed by atoms with E-state index in [1.807, 2.05) is 6.92 Å². The highest BCUT2D eigenvalue weighted by atomic mass is 16.5. The molecular formula is C14H21N3O6. The van der Waals surface area contributed by atoms with Crippen LogP contribution in [0.15, 0.2) is 10.6 Å². The number of carboxylic acid groups (broad SMARTS) is 2. The minimum atomic E-state index is -1.82.